The fraction of sp³-hybridized carbons (Fsp3) is 0.286. The summed E-state index contributed by atoms with van der Waals surface area (Å²) in [7, 11) is 0. The molecule has 1 N–H and O–H groups in total. The summed E-state index contributed by atoms with van der Waals surface area (Å²) in [6.45, 7) is 0.620. The highest BCUT2D eigenvalue weighted by molar-refractivity contribution is 5.97. The topological polar surface area (TPSA) is 66.8 Å². The Balaban J connectivity index is 1.89. The normalized spacial score (nSPS) is 17.6. The number of ether oxygens (including phenoxy) is 1. The number of benzene rings is 1. The zero-order valence-electron chi connectivity index (χ0n) is 10.4. The van der Waals surface area contributed by atoms with Crippen molar-refractivity contribution in [2.24, 2.45) is 0 Å². The first-order valence-corrected chi connectivity index (χ1v) is 6.03. The van der Waals surface area contributed by atoms with Gasteiger partial charge in [0.25, 0.3) is 0 Å². The van der Waals surface area contributed by atoms with Crippen LogP contribution in [0.5, 0.6) is 0 Å². The van der Waals surface area contributed by atoms with Crippen molar-refractivity contribution in [3.8, 4) is 0 Å². The number of rotatable bonds is 2. The molecule has 100 valence electrons. The van der Waals surface area contributed by atoms with E-state index in [1.807, 2.05) is 30.3 Å². The maximum Gasteiger partial charge on any atom is 0.410 e. The molecule has 5 heteroatoms. The van der Waals surface area contributed by atoms with Gasteiger partial charge in [0.2, 0.25) is 0 Å². The predicted molar refractivity (Wildman–Crippen MR) is 68.5 cm³/mol. The highest BCUT2D eigenvalue weighted by Gasteiger charge is 2.26. The number of aliphatic hydroxyl groups excluding tert-OH is 1. The number of amides is 1. The minimum absolute atomic E-state index is 0.100. The van der Waals surface area contributed by atoms with Gasteiger partial charge < -0.3 is 14.7 Å². The molecule has 19 heavy (non-hydrogen) atoms. The van der Waals surface area contributed by atoms with E-state index in [4.69, 9.17) is 9.84 Å². The van der Waals surface area contributed by atoms with E-state index < -0.39 is 6.09 Å². The van der Waals surface area contributed by atoms with Crippen molar-refractivity contribution in [3.05, 3.63) is 47.7 Å². The third kappa shape index (κ3) is 3.34. The summed E-state index contributed by atoms with van der Waals surface area (Å²) >= 11 is 0. The molecule has 0 atom stereocenters. The Morgan fingerprint density at radius 2 is 2.11 bits per heavy atom. The van der Waals surface area contributed by atoms with Gasteiger partial charge in [0, 0.05) is 18.5 Å². The average molecular weight is 261 g/mol. The number of Topliss-reactive ketones (excluding diaryl/α,β-unsaturated/α-hetero) is 1. The number of nitrogens with zero attached hydrogens (tertiary/aromatic N) is 1. The van der Waals surface area contributed by atoms with Crippen molar-refractivity contribution in [1.82, 2.24) is 4.90 Å². The van der Waals surface area contributed by atoms with Crippen LogP contribution in [0.25, 0.3) is 0 Å². The Kier molecular flexibility index (Phi) is 4.18. The van der Waals surface area contributed by atoms with Crippen LogP contribution in [-0.4, -0.2) is 35.0 Å². The zero-order valence-corrected chi connectivity index (χ0v) is 10.4. The van der Waals surface area contributed by atoms with Crippen molar-refractivity contribution >= 4 is 11.9 Å². The van der Waals surface area contributed by atoms with Crippen LogP contribution in [-0.2, 0) is 16.1 Å². The van der Waals surface area contributed by atoms with Gasteiger partial charge in [-0.3, -0.25) is 4.79 Å². The monoisotopic (exact) mass is 261 g/mol. The molecule has 0 unspecified atom stereocenters. The summed E-state index contributed by atoms with van der Waals surface area (Å²) in [5.74, 6) is -0.130. The first kappa shape index (κ1) is 13.1. The summed E-state index contributed by atoms with van der Waals surface area (Å²) in [6.07, 6.45) is 0.502. The summed E-state index contributed by atoms with van der Waals surface area (Å²) in [5, 5.41) is 8.91. The van der Waals surface area contributed by atoms with Crippen LogP contribution in [0.3, 0.4) is 0 Å². The van der Waals surface area contributed by atoms with E-state index in [1.54, 1.807) is 0 Å². The van der Waals surface area contributed by atoms with Crippen molar-refractivity contribution in [2.45, 2.75) is 13.0 Å². The molecular formula is C14H15NO4. The maximum absolute atomic E-state index is 11.8. The lowest BCUT2D eigenvalue weighted by molar-refractivity contribution is -0.117. The number of hydrogen-bond donors (Lipinski definition) is 1. The molecule has 0 aliphatic carbocycles. The SMILES string of the molecule is O=C1CCN(C(=O)OCc2ccccc2)C/C1=C\O. The zero-order chi connectivity index (χ0) is 13.7. The number of carbonyl (C=O) groups excluding carboxylic acids is 2. The molecular weight excluding hydrogens is 246 g/mol. The van der Waals surface area contributed by atoms with Crippen molar-refractivity contribution in [1.29, 1.82) is 0 Å². The van der Waals surface area contributed by atoms with Crippen molar-refractivity contribution in [3.63, 3.8) is 0 Å². The van der Waals surface area contributed by atoms with Crippen LogP contribution >= 0.6 is 0 Å². The van der Waals surface area contributed by atoms with Gasteiger partial charge in [0.05, 0.1) is 12.8 Å². The Morgan fingerprint density at radius 3 is 2.79 bits per heavy atom. The van der Waals surface area contributed by atoms with Gasteiger partial charge in [-0.1, -0.05) is 30.3 Å². The van der Waals surface area contributed by atoms with Crippen LogP contribution in [0.1, 0.15) is 12.0 Å². The van der Waals surface area contributed by atoms with Gasteiger partial charge in [-0.05, 0) is 5.56 Å². The third-order valence-corrected chi connectivity index (χ3v) is 2.95. The predicted octanol–water partition coefficient (Wildman–Crippen LogP) is 2.04. The van der Waals surface area contributed by atoms with E-state index in [-0.39, 0.29) is 30.9 Å². The lowest BCUT2D eigenvalue weighted by atomic mass is 10.1. The second-order valence-corrected chi connectivity index (χ2v) is 4.29. The first-order chi connectivity index (χ1) is 9.20. The van der Waals surface area contributed by atoms with Crippen LogP contribution in [0.15, 0.2) is 42.2 Å². The van der Waals surface area contributed by atoms with Gasteiger partial charge in [0.15, 0.2) is 5.78 Å². The highest BCUT2D eigenvalue weighted by Crippen LogP contribution is 2.13. The highest BCUT2D eigenvalue weighted by atomic mass is 16.6. The Morgan fingerprint density at radius 1 is 1.37 bits per heavy atom. The maximum atomic E-state index is 11.8. The van der Waals surface area contributed by atoms with E-state index in [0.717, 1.165) is 11.8 Å². The van der Waals surface area contributed by atoms with Gasteiger partial charge in [-0.15, -0.1) is 0 Å². The average Bonchev–Trinajstić information content (AvgIpc) is 2.46. The first-order valence-electron chi connectivity index (χ1n) is 6.03. The number of ketones is 1. The van der Waals surface area contributed by atoms with E-state index in [1.165, 1.54) is 4.90 Å². The smallest absolute Gasteiger partial charge is 0.410 e. The van der Waals surface area contributed by atoms with Crippen LogP contribution in [0.4, 0.5) is 4.79 Å². The van der Waals surface area contributed by atoms with Crippen molar-refractivity contribution < 1.29 is 19.4 Å². The van der Waals surface area contributed by atoms with Gasteiger partial charge in [-0.25, -0.2) is 4.79 Å². The molecule has 2 rings (SSSR count). The molecule has 5 nitrogen and oxygen atoms in total. The van der Waals surface area contributed by atoms with Gasteiger partial charge in [0.1, 0.15) is 6.61 Å². The second kappa shape index (κ2) is 6.04. The molecule has 0 aromatic heterocycles. The molecule has 0 bridgehead atoms. The molecule has 1 aromatic carbocycles. The fourth-order valence-corrected chi connectivity index (χ4v) is 1.85. The molecule has 0 spiro atoms. The standard InChI is InChI=1S/C14H15NO4/c16-9-12-8-15(7-6-13(12)17)14(18)19-10-11-4-2-1-3-5-11/h1-5,9,16H,6-8,10H2/b12-9+. The Labute approximate surface area is 111 Å². The molecule has 1 aromatic rings. The molecule has 1 aliphatic rings. The van der Waals surface area contributed by atoms with E-state index in [9.17, 15) is 9.59 Å². The second-order valence-electron chi connectivity index (χ2n) is 4.29. The van der Waals surface area contributed by atoms with Crippen LogP contribution < -0.4 is 0 Å². The van der Waals surface area contributed by atoms with Crippen molar-refractivity contribution in [2.75, 3.05) is 13.1 Å². The Bertz CT molecular complexity index is 495. The van der Waals surface area contributed by atoms with E-state index in [2.05, 4.69) is 0 Å². The minimum atomic E-state index is -0.476. The molecule has 0 saturated carbocycles. The van der Waals surface area contributed by atoms with Gasteiger partial charge in [-0.2, -0.15) is 0 Å². The Hall–Kier alpha value is -2.30. The van der Waals surface area contributed by atoms with E-state index >= 15 is 0 Å². The number of piperidine rings is 1. The number of likely N-dealkylation sites (tertiary alicyclic amines) is 1. The fourth-order valence-electron chi connectivity index (χ4n) is 1.85. The molecule has 1 saturated heterocycles. The largest absolute Gasteiger partial charge is 0.515 e. The van der Waals surface area contributed by atoms with Gasteiger partial charge >= 0.3 is 6.09 Å². The molecule has 1 amide bonds. The number of hydrogen-bond acceptors (Lipinski definition) is 4. The summed E-state index contributed by atoms with van der Waals surface area (Å²) in [5.41, 5.74) is 1.14. The number of carbonyl (C=O) groups is 2. The molecule has 1 fully saturated rings. The third-order valence-electron chi connectivity index (χ3n) is 2.95. The summed E-state index contributed by atoms with van der Waals surface area (Å²) < 4.78 is 5.16. The lowest BCUT2D eigenvalue weighted by Gasteiger charge is -2.26. The summed E-state index contributed by atoms with van der Waals surface area (Å²) in [4.78, 5) is 24.6. The number of aliphatic hydroxyl groups is 1. The molecule has 1 aliphatic heterocycles. The quantitative estimate of drug-likeness (QED) is 0.653. The van der Waals surface area contributed by atoms with Crippen LogP contribution in [0, 0.1) is 0 Å². The lowest BCUT2D eigenvalue weighted by Crippen LogP contribution is -2.40. The van der Waals surface area contributed by atoms with E-state index in [0.29, 0.717) is 6.54 Å². The molecule has 0 radical (unpaired) electrons. The molecule has 1 heterocycles. The minimum Gasteiger partial charge on any atom is -0.515 e. The van der Waals surface area contributed by atoms with Crippen LogP contribution in [0.2, 0.25) is 0 Å². The summed E-state index contributed by atoms with van der Waals surface area (Å²) in [6, 6.07) is 9.36.